The quantitative estimate of drug-likeness (QED) is 0.411. The number of nitrogens with zero attached hydrogens (tertiary/aromatic N) is 3. The minimum atomic E-state index is -0.127. The Kier molecular flexibility index (Phi) is 4.77. The number of carbonyl (C=O) groups is 1. The molecule has 3 N–H and O–H groups in total. The highest BCUT2D eigenvalue weighted by atomic mass is 32.2. The van der Waals surface area contributed by atoms with E-state index in [-0.39, 0.29) is 5.91 Å². The van der Waals surface area contributed by atoms with Gasteiger partial charge in [0.2, 0.25) is 0 Å². The number of aromatic nitrogens is 5. The summed E-state index contributed by atoms with van der Waals surface area (Å²) in [5.41, 5.74) is 4.41. The fourth-order valence-electron chi connectivity index (χ4n) is 3.35. The zero-order valence-corrected chi connectivity index (χ0v) is 16.5. The van der Waals surface area contributed by atoms with Crippen LogP contribution in [0.4, 0.5) is 5.69 Å². The van der Waals surface area contributed by atoms with Crippen molar-refractivity contribution in [2.24, 2.45) is 0 Å². The lowest BCUT2D eigenvalue weighted by molar-refractivity contribution is 0.102. The molecule has 2 heterocycles. The Hall–Kier alpha value is -3.13. The Morgan fingerprint density at radius 1 is 1.17 bits per heavy atom. The Balaban J connectivity index is 1.24. The lowest BCUT2D eigenvalue weighted by Gasteiger charge is -2.22. The van der Waals surface area contributed by atoms with Crippen molar-refractivity contribution >= 4 is 34.4 Å². The third-order valence-electron chi connectivity index (χ3n) is 5.23. The first-order valence-electron chi connectivity index (χ1n) is 9.63. The molecule has 1 fully saturated rings. The summed E-state index contributed by atoms with van der Waals surface area (Å²) in [7, 11) is 0. The molecule has 0 aliphatic heterocycles. The van der Waals surface area contributed by atoms with Crippen LogP contribution in [0, 0.1) is 0 Å². The van der Waals surface area contributed by atoms with Crippen LogP contribution in [0.15, 0.2) is 53.9 Å². The maximum atomic E-state index is 12.6. The first-order chi connectivity index (χ1) is 14.2. The second kappa shape index (κ2) is 7.71. The summed E-state index contributed by atoms with van der Waals surface area (Å²) in [5.74, 6) is 2.25. The van der Waals surface area contributed by atoms with E-state index in [1.54, 1.807) is 11.8 Å². The summed E-state index contributed by atoms with van der Waals surface area (Å²) in [5, 5.41) is 10.4. The Labute approximate surface area is 171 Å². The highest BCUT2D eigenvalue weighted by Gasteiger charge is 2.22. The van der Waals surface area contributed by atoms with E-state index in [9.17, 15) is 4.79 Å². The van der Waals surface area contributed by atoms with E-state index in [4.69, 9.17) is 0 Å². The fraction of sp³-hybridized carbons (Fsp3) is 0.238. The third kappa shape index (κ3) is 3.88. The van der Waals surface area contributed by atoms with Gasteiger partial charge in [0.05, 0.1) is 11.0 Å². The van der Waals surface area contributed by atoms with Crippen molar-refractivity contribution in [1.82, 2.24) is 25.1 Å². The van der Waals surface area contributed by atoms with E-state index < -0.39 is 0 Å². The molecule has 1 aliphatic carbocycles. The predicted octanol–water partition coefficient (Wildman–Crippen LogP) is 4.49. The molecular formula is C21H20N6OS. The van der Waals surface area contributed by atoms with Gasteiger partial charge in [-0.05, 0) is 48.7 Å². The maximum absolute atomic E-state index is 12.6. The molecule has 0 atom stereocenters. The summed E-state index contributed by atoms with van der Waals surface area (Å²) >= 11 is 1.57. The molecule has 4 aromatic rings. The first-order valence-corrected chi connectivity index (χ1v) is 10.6. The van der Waals surface area contributed by atoms with Crippen molar-refractivity contribution in [2.75, 3.05) is 5.32 Å². The number of rotatable bonds is 6. The van der Waals surface area contributed by atoms with Gasteiger partial charge < -0.3 is 10.3 Å². The van der Waals surface area contributed by atoms with Crippen LogP contribution in [0.5, 0.6) is 0 Å². The second-order valence-corrected chi connectivity index (χ2v) is 8.18. The average molecular weight is 404 g/mol. The molecule has 5 rings (SSSR count). The first kappa shape index (κ1) is 17.9. The number of hydrogen-bond donors (Lipinski definition) is 3. The van der Waals surface area contributed by atoms with Crippen LogP contribution >= 0.6 is 11.8 Å². The highest BCUT2D eigenvalue weighted by molar-refractivity contribution is 7.98. The normalized spacial score (nSPS) is 14.1. The SMILES string of the molecule is O=C(Nc1ccc2nc(C3CCC3)[nH]c2c1)c1ccc(CSc2ncn[nH]2)cc1. The van der Waals surface area contributed by atoms with Gasteiger partial charge in [-0.3, -0.25) is 9.89 Å². The zero-order chi connectivity index (χ0) is 19.6. The van der Waals surface area contributed by atoms with Crippen molar-refractivity contribution in [1.29, 1.82) is 0 Å². The summed E-state index contributed by atoms with van der Waals surface area (Å²) in [4.78, 5) is 24.8. The van der Waals surface area contributed by atoms with Crippen LogP contribution in [-0.2, 0) is 5.75 Å². The molecule has 0 unspecified atom stereocenters. The largest absolute Gasteiger partial charge is 0.342 e. The minimum absolute atomic E-state index is 0.127. The number of fused-ring (bicyclic) bond motifs is 1. The van der Waals surface area contributed by atoms with Gasteiger partial charge in [-0.15, -0.1) is 0 Å². The summed E-state index contributed by atoms with van der Waals surface area (Å²) in [6.07, 6.45) is 5.18. The number of aromatic amines is 2. The van der Waals surface area contributed by atoms with Crippen molar-refractivity contribution in [3.8, 4) is 0 Å². The van der Waals surface area contributed by atoms with Gasteiger partial charge in [-0.2, -0.15) is 5.10 Å². The molecule has 0 saturated heterocycles. The smallest absolute Gasteiger partial charge is 0.255 e. The van der Waals surface area contributed by atoms with Crippen LogP contribution in [0.3, 0.4) is 0 Å². The molecule has 7 nitrogen and oxygen atoms in total. The lowest BCUT2D eigenvalue weighted by Crippen LogP contribution is -2.11. The van der Waals surface area contributed by atoms with Crippen molar-refractivity contribution < 1.29 is 4.79 Å². The Morgan fingerprint density at radius 2 is 2.03 bits per heavy atom. The molecule has 1 amide bonds. The number of hydrogen-bond acceptors (Lipinski definition) is 5. The van der Waals surface area contributed by atoms with Gasteiger partial charge in [0, 0.05) is 22.9 Å². The Morgan fingerprint density at radius 3 is 2.76 bits per heavy atom. The second-order valence-electron chi connectivity index (χ2n) is 7.21. The number of thioether (sulfide) groups is 1. The zero-order valence-electron chi connectivity index (χ0n) is 15.7. The van der Waals surface area contributed by atoms with E-state index in [0.717, 1.165) is 39.0 Å². The monoisotopic (exact) mass is 404 g/mol. The topological polar surface area (TPSA) is 99.3 Å². The molecule has 2 aromatic heterocycles. The molecule has 8 heteroatoms. The number of anilines is 1. The fourth-order valence-corrected chi connectivity index (χ4v) is 4.09. The van der Waals surface area contributed by atoms with Crippen molar-refractivity contribution in [2.45, 2.75) is 36.1 Å². The van der Waals surface area contributed by atoms with Gasteiger partial charge >= 0.3 is 0 Å². The van der Waals surface area contributed by atoms with E-state index in [0.29, 0.717) is 11.5 Å². The third-order valence-corrected chi connectivity index (χ3v) is 6.18. The predicted molar refractivity (Wildman–Crippen MR) is 113 cm³/mol. The summed E-state index contributed by atoms with van der Waals surface area (Å²) < 4.78 is 0. The molecular weight excluding hydrogens is 384 g/mol. The summed E-state index contributed by atoms with van der Waals surface area (Å²) in [6.45, 7) is 0. The number of nitrogens with one attached hydrogen (secondary N) is 3. The molecule has 29 heavy (non-hydrogen) atoms. The van der Waals surface area contributed by atoms with Gasteiger partial charge in [0.15, 0.2) is 5.16 Å². The molecule has 0 spiro atoms. The van der Waals surface area contributed by atoms with E-state index in [1.807, 2.05) is 42.5 Å². The molecule has 0 radical (unpaired) electrons. The van der Waals surface area contributed by atoms with Gasteiger partial charge in [-0.25, -0.2) is 9.97 Å². The number of H-pyrrole nitrogens is 2. The minimum Gasteiger partial charge on any atom is -0.342 e. The standard InChI is InChI=1S/C21H20N6OS/c28-20(15-6-4-13(5-7-15)11-29-21-22-12-23-27-21)24-16-8-9-17-18(10-16)26-19(25-17)14-2-1-3-14/h4-10,12,14H,1-3,11H2,(H,24,28)(H,25,26)(H,22,23,27). The van der Waals surface area contributed by atoms with Gasteiger partial charge in [0.1, 0.15) is 12.2 Å². The van der Waals surface area contributed by atoms with E-state index in [1.165, 1.54) is 25.6 Å². The van der Waals surface area contributed by atoms with Crippen molar-refractivity contribution in [3.05, 3.63) is 65.7 Å². The molecule has 2 aromatic carbocycles. The van der Waals surface area contributed by atoms with Crippen LogP contribution in [0.1, 0.15) is 46.9 Å². The van der Waals surface area contributed by atoms with Crippen LogP contribution < -0.4 is 5.32 Å². The number of imidazole rings is 1. The Bertz CT molecular complexity index is 1130. The van der Waals surface area contributed by atoms with Gasteiger partial charge in [0.25, 0.3) is 5.91 Å². The number of amides is 1. The maximum Gasteiger partial charge on any atom is 0.255 e. The van der Waals surface area contributed by atoms with E-state index >= 15 is 0 Å². The van der Waals surface area contributed by atoms with Crippen LogP contribution in [0.2, 0.25) is 0 Å². The number of benzene rings is 2. The van der Waals surface area contributed by atoms with Crippen LogP contribution in [-0.4, -0.2) is 31.1 Å². The number of carbonyl (C=O) groups excluding carboxylic acids is 1. The molecule has 1 aliphatic rings. The van der Waals surface area contributed by atoms with E-state index in [2.05, 4.69) is 30.5 Å². The average Bonchev–Trinajstić information content (AvgIpc) is 3.34. The van der Waals surface area contributed by atoms with Gasteiger partial charge in [-0.1, -0.05) is 30.3 Å². The highest BCUT2D eigenvalue weighted by Crippen LogP contribution is 2.35. The molecule has 1 saturated carbocycles. The lowest BCUT2D eigenvalue weighted by atomic mass is 9.85. The van der Waals surface area contributed by atoms with Crippen LogP contribution in [0.25, 0.3) is 11.0 Å². The van der Waals surface area contributed by atoms with Crippen molar-refractivity contribution in [3.63, 3.8) is 0 Å². The molecule has 146 valence electrons. The summed E-state index contributed by atoms with van der Waals surface area (Å²) in [6, 6.07) is 13.4. The molecule has 0 bridgehead atoms.